The van der Waals surface area contributed by atoms with Gasteiger partial charge in [0, 0.05) is 0 Å². The maximum Gasteiger partial charge on any atom is -0.00963 e. The lowest BCUT2D eigenvalue weighted by Gasteiger charge is -2.11. The summed E-state index contributed by atoms with van der Waals surface area (Å²) in [5.41, 5.74) is 22.8. The summed E-state index contributed by atoms with van der Waals surface area (Å²) in [5.74, 6) is 0. The predicted molar refractivity (Wildman–Crippen MR) is 355 cm³/mol. The van der Waals surface area contributed by atoms with E-state index in [-0.39, 0.29) is 0 Å². The number of aryl methyl sites for hydroxylation is 4. The molecule has 0 aliphatic heterocycles. The second kappa shape index (κ2) is 25.8. The molecule has 0 fully saturated rings. The molecule has 0 atom stereocenters. The maximum absolute atomic E-state index is 2.30. The smallest absolute Gasteiger partial charge is 0.00963 e. The largest absolute Gasteiger partial charge is 0.0622 e. The molecule has 0 heterocycles. The zero-order chi connectivity index (χ0) is 56.0. The van der Waals surface area contributed by atoms with Crippen molar-refractivity contribution in [2.75, 3.05) is 0 Å². The molecule has 0 spiro atoms. The molecule has 0 saturated heterocycles. The standard InChI is InChI=1S/C25H20.C19H14.2C19H16/c1-19-12-14-22(15-13-19)25-17-23(20-8-4-2-5-9-20)16-24(18-25)21-10-6-3-7-11-21;1-13-10-11-18-16-8-3-2-6-14(16)15-7-4-5-9-17(15)19(18)12-13;1-15-10-12-17(13-11-15)19-9-5-8-18(14-19)16-6-3-2-4-7-16;1-15-7-9-17(10-8-15)19-13-11-18(12-14-19)16-5-3-2-4-6-16/h2-18H,1H3;2-12H,1H3;2*2-14H,1H3. The molecule has 0 nitrogen and oxygen atoms in total. The van der Waals surface area contributed by atoms with Crippen LogP contribution >= 0.6 is 0 Å². The normalized spacial score (nSPS) is 10.7. The average molecular weight is 1050 g/mol. The van der Waals surface area contributed by atoms with E-state index in [1.54, 1.807) is 0 Å². The Bertz CT molecular complexity index is 4240. The highest BCUT2D eigenvalue weighted by atomic mass is 14.1. The molecule has 0 amide bonds. The Labute approximate surface area is 485 Å². The topological polar surface area (TPSA) is 0 Å². The second-order valence-corrected chi connectivity index (χ2v) is 21.2. The van der Waals surface area contributed by atoms with Gasteiger partial charge in [-0.2, -0.15) is 0 Å². The van der Waals surface area contributed by atoms with Crippen LogP contribution < -0.4 is 0 Å². The highest BCUT2D eigenvalue weighted by Crippen LogP contribution is 2.36. The molecule has 394 valence electrons. The molecule has 0 aromatic heterocycles. The van der Waals surface area contributed by atoms with Gasteiger partial charge in [-0.05, 0) is 162 Å². The van der Waals surface area contributed by atoms with Crippen molar-refractivity contribution in [2.45, 2.75) is 27.7 Å². The molecule has 14 aromatic rings. The van der Waals surface area contributed by atoms with Gasteiger partial charge < -0.3 is 0 Å². The Balaban J connectivity index is 0.000000116. The van der Waals surface area contributed by atoms with Crippen molar-refractivity contribution in [1.29, 1.82) is 0 Å². The van der Waals surface area contributed by atoms with Gasteiger partial charge in [0.25, 0.3) is 0 Å². The molecule has 0 aliphatic carbocycles. The van der Waals surface area contributed by atoms with Crippen LogP contribution in [0.4, 0.5) is 0 Å². The summed E-state index contributed by atoms with van der Waals surface area (Å²) in [5, 5.41) is 8.08. The van der Waals surface area contributed by atoms with Gasteiger partial charge in [0.05, 0.1) is 0 Å². The van der Waals surface area contributed by atoms with Crippen molar-refractivity contribution in [3.05, 3.63) is 350 Å². The maximum atomic E-state index is 2.30. The van der Waals surface area contributed by atoms with E-state index in [9.17, 15) is 0 Å². The SMILES string of the molecule is Cc1ccc(-c2cc(-c3ccccc3)cc(-c3ccccc3)c2)cc1.Cc1ccc(-c2ccc(-c3ccccc3)cc2)cc1.Cc1ccc(-c2cccc(-c3ccccc3)c2)cc1.Cc1ccc2c3ccccc3c3ccccc3c2c1. The van der Waals surface area contributed by atoms with E-state index in [0.717, 1.165) is 0 Å². The van der Waals surface area contributed by atoms with E-state index in [2.05, 4.69) is 343 Å². The van der Waals surface area contributed by atoms with Crippen LogP contribution in [-0.2, 0) is 0 Å². The van der Waals surface area contributed by atoms with Crippen molar-refractivity contribution in [3.8, 4) is 77.9 Å². The fraction of sp³-hybridized carbons (Fsp3) is 0.0488. The number of hydrogen-bond acceptors (Lipinski definition) is 0. The van der Waals surface area contributed by atoms with Crippen LogP contribution in [0.5, 0.6) is 0 Å². The molecule has 0 heteroatoms. The first-order valence-electron chi connectivity index (χ1n) is 28.4. The van der Waals surface area contributed by atoms with E-state index in [1.165, 1.54) is 132 Å². The lowest BCUT2D eigenvalue weighted by Crippen LogP contribution is -1.86. The Morgan fingerprint density at radius 3 is 0.683 bits per heavy atom. The summed E-state index contributed by atoms with van der Waals surface area (Å²) < 4.78 is 0. The van der Waals surface area contributed by atoms with Gasteiger partial charge >= 0.3 is 0 Å². The quantitative estimate of drug-likeness (QED) is 0.140. The van der Waals surface area contributed by atoms with E-state index < -0.39 is 0 Å². The van der Waals surface area contributed by atoms with Gasteiger partial charge in [0.2, 0.25) is 0 Å². The molecular formula is C82H66. The predicted octanol–water partition coefficient (Wildman–Crippen LogP) is 23.1. The first kappa shape index (κ1) is 53.8. The van der Waals surface area contributed by atoms with Crippen LogP contribution in [0.3, 0.4) is 0 Å². The van der Waals surface area contributed by atoms with Gasteiger partial charge in [0.15, 0.2) is 0 Å². The third-order valence-electron chi connectivity index (χ3n) is 15.2. The third kappa shape index (κ3) is 13.1. The van der Waals surface area contributed by atoms with E-state index in [0.29, 0.717) is 0 Å². The Morgan fingerprint density at radius 2 is 0.329 bits per heavy atom. The Hall–Kier alpha value is -10.1. The number of rotatable bonds is 7. The monoisotopic (exact) mass is 1050 g/mol. The van der Waals surface area contributed by atoms with Crippen molar-refractivity contribution >= 4 is 32.3 Å². The molecule has 0 bridgehead atoms. The van der Waals surface area contributed by atoms with Crippen LogP contribution in [0.1, 0.15) is 22.3 Å². The first-order valence-corrected chi connectivity index (χ1v) is 28.4. The van der Waals surface area contributed by atoms with E-state index >= 15 is 0 Å². The summed E-state index contributed by atoms with van der Waals surface area (Å²) in [6, 6.07) is 117. The van der Waals surface area contributed by atoms with Crippen LogP contribution in [-0.4, -0.2) is 0 Å². The van der Waals surface area contributed by atoms with Crippen LogP contribution in [0.2, 0.25) is 0 Å². The molecular weight excluding hydrogens is 985 g/mol. The summed E-state index contributed by atoms with van der Waals surface area (Å²) in [6.07, 6.45) is 0. The first-order chi connectivity index (χ1) is 40.3. The number of benzene rings is 14. The average Bonchev–Trinajstić information content (AvgIpc) is 3.54. The van der Waals surface area contributed by atoms with Crippen molar-refractivity contribution in [2.24, 2.45) is 0 Å². The molecule has 82 heavy (non-hydrogen) atoms. The molecule has 14 rings (SSSR count). The minimum Gasteiger partial charge on any atom is -0.0622 e. The molecule has 0 N–H and O–H groups in total. The van der Waals surface area contributed by atoms with Crippen LogP contribution in [0.15, 0.2) is 328 Å². The van der Waals surface area contributed by atoms with Gasteiger partial charge in [-0.15, -0.1) is 0 Å². The molecule has 0 radical (unpaired) electrons. The van der Waals surface area contributed by atoms with Gasteiger partial charge in [0.1, 0.15) is 0 Å². The van der Waals surface area contributed by atoms with E-state index in [4.69, 9.17) is 0 Å². The zero-order valence-corrected chi connectivity index (χ0v) is 47.2. The van der Waals surface area contributed by atoms with Gasteiger partial charge in [-0.25, -0.2) is 0 Å². The van der Waals surface area contributed by atoms with Crippen LogP contribution in [0.25, 0.3) is 110 Å². The zero-order valence-electron chi connectivity index (χ0n) is 47.2. The summed E-state index contributed by atoms with van der Waals surface area (Å²) in [6.45, 7) is 8.51. The number of fused-ring (bicyclic) bond motifs is 6. The number of hydrogen-bond donors (Lipinski definition) is 0. The lowest BCUT2D eigenvalue weighted by molar-refractivity contribution is 1.47. The summed E-state index contributed by atoms with van der Waals surface area (Å²) >= 11 is 0. The van der Waals surface area contributed by atoms with Gasteiger partial charge in [-0.1, -0.05) is 326 Å². The minimum absolute atomic E-state index is 1.24. The summed E-state index contributed by atoms with van der Waals surface area (Å²) in [4.78, 5) is 0. The Morgan fingerprint density at radius 1 is 0.122 bits per heavy atom. The lowest BCUT2D eigenvalue weighted by atomic mass is 9.93. The van der Waals surface area contributed by atoms with Crippen molar-refractivity contribution < 1.29 is 0 Å². The van der Waals surface area contributed by atoms with E-state index in [1.807, 2.05) is 12.1 Å². The van der Waals surface area contributed by atoms with Gasteiger partial charge in [-0.3, -0.25) is 0 Å². The molecule has 0 aliphatic rings. The highest BCUT2D eigenvalue weighted by Gasteiger charge is 2.10. The minimum atomic E-state index is 1.24. The fourth-order valence-electron chi connectivity index (χ4n) is 10.6. The van der Waals surface area contributed by atoms with Crippen LogP contribution in [0, 0.1) is 27.7 Å². The highest BCUT2D eigenvalue weighted by molar-refractivity contribution is 6.25. The molecule has 14 aromatic carbocycles. The van der Waals surface area contributed by atoms with Crippen molar-refractivity contribution in [3.63, 3.8) is 0 Å². The third-order valence-corrected chi connectivity index (χ3v) is 15.2. The Kier molecular flexibility index (Phi) is 16.9. The van der Waals surface area contributed by atoms with Crippen molar-refractivity contribution in [1.82, 2.24) is 0 Å². The molecule has 0 unspecified atom stereocenters. The fourth-order valence-corrected chi connectivity index (χ4v) is 10.6. The summed E-state index contributed by atoms with van der Waals surface area (Å²) in [7, 11) is 0. The molecule has 0 saturated carbocycles. The second-order valence-electron chi connectivity index (χ2n) is 21.2.